The fourth-order valence-corrected chi connectivity index (χ4v) is 1.30. The Morgan fingerprint density at radius 1 is 1.35 bits per heavy atom. The zero-order valence-electron chi connectivity index (χ0n) is 9.99. The van der Waals surface area contributed by atoms with Crippen LogP contribution in [0.1, 0.15) is 12.5 Å². The maximum atomic E-state index is 11.5. The molecule has 1 aromatic carbocycles. The van der Waals surface area contributed by atoms with Gasteiger partial charge in [0.25, 0.3) is 0 Å². The lowest BCUT2D eigenvalue weighted by atomic mass is 10.1. The zero-order valence-corrected chi connectivity index (χ0v) is 9.99. The lowest BCUT2D eigenvalue weighted by Gasteiger charge is -2.12. The van der Waals surface area contributed by atoms with Gasteiger partial charge in [-0.2, -0.15) is 0 Å². The van der Waals surface area contributed by atoms with E-state index in [4.69, 9.17) is 5.73 Å². The molecule has 0 aliphatic rings. The second-order valence-corrected chi connectivity index (χ2v) is 3.79. The van der Waals surface area contributed by atoms with Crippen molar-refractivity contribution in [1.29, 1.82) is 0 Å². The number of nitrogens with one attached hydrogen (secondary N) is 2. The molecule has 0 saturated heterocycles. The van der Waals surface area contributed by atoms with Gasteiger partial charge in [-0.25, -0.2) is 0 Å². The second-order valence-electron chi connectivity index (χ2n) is 3.79. The molecule has 4 N–H and O–H groups in total. The van der Waals surface area contributed by atoms with Crippen LogP contribution in [0, 0.1) is 0 Å². The number of anilines is 1. The summed E-state index contributed by atoms with van der Waals surface area (Å²) in [7, 11) is 1.57. The van der Waals surface area contributed by atoms with Crippen molar-refractivity contribution in [3.05, 3.63) is 29.8 Å². The number of amides is 2. The molecule has 1 atom stereocenters. The van der Waals surface area contributed by atoms with E-state index in [0.29, 0.717) is 5.69 Å². The molecule has 0 spiro atoms. The first kappa shape index (κ1) is 13.2. The normalized spacial score (nSPS) is 11.7. The first-order valence-corrected chi connectivity index (χ1v) is 5.39. The van der Waals surface area contributed by atoms with Crippen LogP contribution in [0.5, 0.6) is 0 Å². The molecule has 0 aliphatic heterocycles. The van der Waals surface area contributed by atoms with Crippen LogP contribution in [-0.4, -0.2) is 24.9 Å². The van der Waals surface area contributed by atoms with E-state index >= 15 is 0 Å². The number of carbonyl (C=O) groups is 2. The fraction of sp³-hybridized carbons (Fsp3) is 0.333. The SMILES string of the molecule is CNC(=O)Cc1ccccc1NC(=O)[C@H](C)N. The molecule has 2 amide bonds. The molecule has 5 heteroatoms. The zero-order chi connectivity index (χ0) is 12.8. The fourth-order valence-electron chi connectivity index (χ4n) is 1.30. The summed E-state index contributed by atoms with van der Waals surface area (Å²) in [5.41, 5.74) is 6.86. The summed E-state index contributed by atoms with van der Waals surface area (Å²) in [4.78, 5) is 22.8. The molecule has 17 heavy (non-hydrogen) atoms. The standard InChI is InChI=1S/C12H17N3O2/c1-8(13)12(17)15-10-6-4-3-5-9(10)7-11(16)14-2/h3-6,8H,7,13H2,1-2H3,(H,14,16)(H,15,17)/t8-/m0/s1. The van der Waals surface area contributed by atoms with Gasteiger partial charge in [0.2, 0.25) is 11.8 Å². The molecule has 0 heterocycles. The molecule has 0 bridgehead atoms. The lowest BCUT2D eigenvalue weighted by Crippen LogP contribution is -2.33. The number of carbonyl (C=O) groups excluding carboxylic acids is 2. The predicted octanol–water partition coefficient (Wildman–Crippen LogP) is 0.261. The van der Waals surface area contributed by atoms with E-state index in [1.807, 2.05) is 6.07 Å². The van der Waals surface area contributed by atoms with Crippen LogP contribution in [0.15, 0.2) is 24.3 Å². The third-order valence-corrected chi connectivity index (χ3v) is 2.32. The Bertz CT molecular complexity index is 416. The molecule has 1 aromatic rings. The van der Waals surface area contributed by atoms with Crippen LogP contribution < -0.4 is 16.4 Å². The van der Waals surface area contributed by atoms with Gasteiger partial charge in [0, 0.05) is 12.7 Å². The molecule has 1 rings (SSSR count). The number of hydrogen-bond donors (Lipinski definition) is 3. The summed E-state index contributed by atoms with van der Waals surface area (Å²) < 4.78 is 0. The molecule has 0 fully saturated rings. The van der Waals surface area contributed by atoms with Crippen LogP contribution in [-0.2, 0) is 16.0 Å². The second kappa shape index (κ2) is 6.00. The molecular formula is C12H17N3O2. The summed E-state index contributed by atoms with van der Waals surface area (Å²) in [6, 6.07) is 6.58. The topological polar surface area (TPSA) is 84.2 Å². The van der Waals surface area contributed by atoms with Crippen molar-refractivity contribution in [1.82, 2.24) is 5.32 Å². The van der Waals surface area contributed by atoms with E-state index in [1.165, 1.54) is 0 Å². The quantitative estimate of drug-likeness (QED) is 0.700. The summed E-state index contributed by atoms with van der Waals surface area (Å²) in [5.74, 6) is -0.373. The van der Waals surface area contributed by atoms with Crippen LogP contribution in [0.25, 0.3) is 0 Å². The van der Waals surface area contributed by atoms with Gasteiger partial charge in [0.15, 0.2) is 0 Å². The Morgan fingerprint density at radius 2 is 2.00 bits per heavy atom. The van der Waals surface area contributed by atoms with Crippen molar-refractivity contribution in [3.8, 4) is 0 Å². The highest BCUT2D eigenvalue weighted by atomic mass is 16.2. The molecule has 0 aromatic heterocycles. The van der Waals surface area contributed by atoms with Crippen molar-refractivity contribution in [2.75, 3.05) is 12.4 Å². The molecule has 0 aliphatic carbocycles. The van der Waals surface area contributed by atoms with Gasteiger partial charge >= 0.3 is 0 Å². The van der Waals surface area contributed by atoms with Gasteiger partial charge < -0.3 is 16.4 Å². The largest absolute Gasteiger partial charge is 0.359 e. The third kappa shape index (κ3) is 3.88. The summed E-state index contributed by atoms with van der Waals surface area (Å²) >= 11 is 0. The molecular weight excluding hydrogens is 218 g/mol. The Labute approximate surface area is 100 Å². The smallest absolute Gasteiger partial charge is 0.241 e. The predicted molar refractivity (Wildman–Crippen MR) is 66.5 cm³/mol. The molecule has 5 nitrogen and oxygen atoms in total. The first-order chi connectivity index (χ1) is 8.04. The van der Waals surface area contributed by atoms with Gasteiger partial charge in [0.05, 0.1) is 12.5 Å². The summed E-state index contributed by atoms with van der Waals surface area (Å²) in [6.45, 7) is 1.61. The van der Waals surface area contributed by atoms with Gasteiger partial charge in [-0.15, -0.1) is 0 Å². The van der Waals surface area contributed by atoms with E-state index < -0.39 is 6.04 Å². The maximum Gasteiger partial charge on any atom is 0.241 e. The van der Waals surface area contributed by atoms with Crippen molar-refractivity contribution < 1.29 is 9.59 Å². The van der Waals surface area contributed by atoms with Crippen LogP contribution in [0.4, 0.5) is 5.69 Å². The van der Waals surface area contributed by atoms with Crippen molar-refractivity contribution in [3.63, 3.8) is 0 Å². The van der Waals surface area contributed by atoms with Gasteiger partial charge in [0.1, 0.15) is 0 Å². The first-order valence-electron chi connectivity index (χ1n) is 5.39. The summed E-state index contributed by atoms with van der Waals surface area (Å²) in [5, 5.41) is 5.24. The number of para-hydroxylation sites is 1. The minimum Gasteiger partial charge on any atom is -0.359 e. The number of rotatable bonds is 4. The van der Waals surface area contributed by atoms with Crippen LogP contribution in [0.2, 0.25) is 0 Å². The van der Waals surface area contributed by atoms with E-state index in [9.17, 15) is 9.59 Å². The highest BCUT2D eigenvalue weighted by Gasteiger charge is 2.11. The lowest BCUT2D eigenvalue weighted by molar-refractivity contribution is -0.120. The minimum atomic E-state index is -0.581. The van der Waals surface area contributed by atoms with Crippen molar-refractivity contribution in [2.45, 2.75) is 19.4 Å². The van der Waals surface area contributed by atoms with Crippen molar-refractivity contribution in [2.24, 2.45) is 5.73 Å². The van der Waals surface area contributed by atoms with Gasteiger partial charge in [-0.05, 0) is 18.6 Å². The monoisotopic (exact) mass is 235 g/mol. The molecule has 0 radical (unpaired) electrons. The average Bonchev–Trinajstić information content (AvgIpc) is 2.31. The highest BCUT2D eigenvalue weighted by molar-refractivity contribution is 5.95. The average molecular weight is 235 g/mol. The Hall–Kier alpha value is -1.88. The van der Waals surface area contributed by atoms with E-state index in [-0.39, 0.29) is 18.2 Å². The van der Waals surface area contributed by atoms with E-state index in [0.717, 1.165) is 5.56 Å². The van der Waals surface area contributed by atoms with Crippen LogP contribution in [0.3, 0.4) is 0 Å². The maximum absolute atomic E-state index is 11.5. The highest BCUT2D eigenvalue weighted by Crippen LogP contribution is 2.15. The van der Waals surface area contributed by atoms with Gasteiger partial charge in [-0.1, -0.05) is 18.2 Å². The van der Waals surface area contributed by atoms with Gasteiger partial charge in [-0.3, -0.25) is 9.59 Å². The van der Waals surface area contributed by atoms with Crippen LogP contribution >= 0.6 is 0 Å². The third-order valence-electron chi connectivity index (χ3n) is 2.32. The van der Waals surface area contributed by atoms with Crippen molar-refractivity contribution >= 4 is 17.5 Å². The molecule has 92 valence electrons. The van der Waals surface area contributed by atoms with E-state index in [1.54, 1.807) is 32.2 Å². The Kier molecular flexibility index (Phi) is 4.66. The Balaban J connectivity index is 2.84. The number of hydrogen-bond acceptors (Lipinski definition) is 3. The molecule has 0 unspecified atom stereocenters. The minimum absolute atomic E-state index is 0.104. The number of benzene rings is 1. The number of likely N-dealkylation sites (N-methyl/N-ethyl adjacent to an activating group) is 1. The molecule has 0 saturated carbocycles. The summed E-state index contributed by atoms with van der Waals surface area (Å²) in [6.07, 6.45) is 0.228. The number of nitrogens with two attached hydrogens (primary N) is 1. The Morgan fingerprint density at radius 3 is 2.59 bits per heavy atom. The van der Waals surface area contributed by atoms with E-state index in [2.05, 4.69) is 10.6 Å².